The van der Waals surface area contributed by atoms with E-state index in [1.54, 1.807) is 0 Å². The second-order valence-electron chi connectivity index (χ2n) is 13.5. The summed E-state index contributed by atoms with van der Waals surface area (Å²) in [5, 5.41) is 3.62. The average Bonchev–Trinajstić information content (AvgIpc) is 3.44. The van der Waals surface area contributed by atoms with Crippen molar-refractivity contribution in [3.05, 3.63) is 0 Å². The first-order valence-electron chi connectivity index (χ1n) is 18.4. The van der Waals surface area contributed by atoms with Gasteiger partial charge in [0.1, 0.15) is 12.1 Å². The van der Waals surface area contributed by atoms with Gasteiger partial charge in [-0.25, -0.2) is 0 Å². The molecule has 0 aromatic rings. The summed E-state index contributed by atoms with van der Waals surface area (Å²) < 4.78 is 0. The van der Waals surface area contributed by atoms with Crippen LogP contribution in [0, 0.1) is 5.41 Å². The number of unbranched alkanes of at least 4 members (excludes halogenated alkanes) is 24. The molecule has 3 heteroatoms. The number of carbonyl (C=O) groups excluding carboxylic acids is 1. The number of hydrogen-bond acceptors (Lipinski definition) is 3. The van der Waals surface area contributed by atoms with Crippen LogP contribution < -0.4 is 5.32 Å². The number of rotatable bonds is 31. The molecule has 0 saturated heterocycles. The number of nitrogens with zero attached hydrogens (tertiary/aromatic N) is 1. The molecule has 40 heavy (non-hydrogen) atoms. The molecular formula is C37H72N2O. The van der Waals surface area contributed by atoms with E-state index >= 15 is 0 Å². The van der Waals surface area contributed by atoms with E-state index in [0.717, 1.165) is 25.1 Å². The van der Waals surface area contributed by atoms with Gasteiger partial charge in [-0.3, -0.25) is 4.99 Å². The highest BCUT2D eigenvalue weighted by Gasteiger charge is 2.33. The molecule has 1 aliphatic rings. The lowest BCUT2D eigenvalue weighted by atomic mass is 9.80. The van der Waals surface area contributed by atoms with Crippen LogP contribution in [-0.4, -0.2) is 24.7 Å². The summed E-state index contributed by atoms with van der Waals surface area (Å²) >= 11 is 0. The molecule has 2 unspecified atom stereocenters. The summed E-state index contributed by atoms with van der Waals surface area (Å²) in [7, 11) is 0. The molecule has 0 amide bonds. The Labute approximate surface area is 251 Å². The smallest absolute Gasteiger partial charge is 0.120 e. The number of hydrogen-bond donors (Lipinski definition) is 1. The van der Waals surface area contributed by atoms with Crippen molar-refractivity contribution in [2.24, 2.45) is 10.4 Å². The lowest BCUT2D eigenvalue weighted by molar-refractivity contribution is -0.109. The van der Waals surface area contributed by atoms with Crippen LogP contribution in [0.3, 0.4) is 0 Å². The summed E-state index contributed by atoms with van der Waals surface area (Å²) in [5.41, 5.74) is -0.0928. The van der Waals surface area contributed by atoms with Crippen molar-refractivity contribution >= 4 is 12.1 Å². The summed E-state index contributed by atoms with van der Waals surface area (Å²) in [5.74, 6) is 1.12. The summed E-state index contributed by atoms with van der Waals surface area (Å²) in [6, 6.07) is 0.417. The van der Waals surface area contributed by atoms with Gasteiger partial charge in [0.25, 0.3) is 0 Å². The Bertz CT molecular complexity index is 589. The minimum Gasteiger partial charge on any atom is -0.371 e. The van der Waals surface area contributed by atoms with Gasteiger partial charge in [0.05, 0.1) is 6.04 Å². The van der Waals surface area contributed by atoms with Crippen LogP contribution >= 0.6 is 0 Å². The molecule has 1 heterocycles. The molecular weight excluding hydrogens is 488 g/mol. The van der Waals surface area contributed by atoms with Crippen molar-refractivity contribution in [3.8, 4) is 0 Å². The van der Waals surface area contributed by atoms with E-state index in [1.165, 1.54) is 173 Å². The van der Waals surface area contributed by atoms with E-state index in [-0.39, 0.29) is 5.41 Å². The van der Waals surface area contributed by atoms with E-state index in [0.29, 0.717) is 12.5 Å². The second kappa shape index (κ2) is 27.0. The zero-order valence-corrected chi connectivity index (χ0v) is 27.7. The highest BCUT2D eigenvalue weighted by atomic mass is 16.1. The van der Waals surface area contributed by atoms with Crippen LogP contribution in [0.1, 0.15) is 207 Å². The standard InChI is InChI=1S/C37H72N2O/c1-4-6-8-10-12-14-16-18-19-20-22-24-26-28-30-35-34-38-36(39-35)37(3,32-33-40)31-29-27-25-23-21-17-15-13-11-9-7-5-2/h33,35H,4-32,34H2,1-3H3,(H,38,39). The van der Waals surface area contributed by atoms with Gasteiger partial charge < -0.3 is 10.1 Å². The lowest BCUT2D eigenvalue weighted by Crippen LogP contribution is -2.37. The molecule has 1 N–H and O–H groups in total. The molecule has 1 rings (SSSR count). The maximum atomic E-state index is 11.5. The predicted octanol–water partition coefficient (Wildman–Crippen LogP) is 11.9. The molecule has 0 aliphatic carbocycles. The van der Waals surface area contributed by atoms with Crippen molar-refractivity contribution in [1.82, 2.24) is 5.32 Å². The summed E-state index contributed by atoms with van der Waals surface area (Å²) in [4.78, 5) is 16.6. The molecule has 0 radical (unpaired) electrons. The Hall–Kier alpha value is -0.860. The van der Waals surface area contributed by atoms with Crippen molar-refractivity contribution in [2.75, 3.05) is 6.54 Å². The molecule has 0 saturated carbocycles. The quantitative estimate of drug-likeness (QED) is 0.0676. The molecule has 0 aromatic carbocycles. The molecule has 1 aliphatic heterocycles. The minimum absolute atomic E-state index is 0.0928. The Kier molecular flexibility index (Phi) is 25.1. The molecule has 0 fully saturated rings. The Morgan fingerprint density at radius 2 is 1.00 bits per heavy atom. The average molecular weight is 561 g/mol. The van der Waals surface area contributed by atoms with Gasteiger partial charge in [0.15, 0.2) is 0 Å². The maximum absolute atomic E-state index is 11.5. The Balaban J connectivity index is 2.07. The molecule has 0 spiro atoms. The normalized spacial score (nSPS) is 16.6. The van der Waals surface area contributed by atoms with E-state index in [9.17, 15) is 4.79 Å². The monoisotopic (exact) mass is 561 g/mol. The predicted molar refractivity (Wildman–Crippen MR) is 179 cm³/mol. The Morgan fingerprint density at radius 3 is 1.40 bits per heavy atom. The second-order valence-corrected chi connectivity index (χ2v) is 13.5. The van der Waals surface area contributed by atoms with Gasteiger partial charge in [-0.1, -0.05) is 188 Å². The number of amidine groups is 1. The SMILES string of the molecule is CCCCCCCCCCCCCCCCC1CNC(C(C)(CC=O)CCCCCCCCCCCCCC)=N1. The fourth-order valence-corrected chi connectivity index (χ4v) is 6.46. The first kappa shape index (κ1) is 37.2. The Morgan fingerprint density at radius 1 is 0.625 bits per heavy atom. The van der Waals surface area contributed by atoms with Crippen LogP contribution in [0.2, 0.25) is 0 Å². The minimum atomic E-state index is -0.0928. The maximum Gasteiger partial charge on any atom is 0.120 e. The first-order valence-corrected chi connectivity index (χ1v) is 18.4. The number of nitrogens with one attached hydrogen (secondary N) is 1. The molecule has 236 valence electrons. The zero-order valence-electron chi connectivity index (χ0n) is 27.7. The molecule has 0 aromatic heterocycles. The number of carbonyl (C=O) groups is 1. The van der Waals surface area contributed by atoms with Gasteiger partial charge in [0, 0.05) is 18.4 Å². The molecule has 0 bridgehead atoms. The van der Waals surface area contributed by atoms with Gasteiger partial charge in [0.2, 0.25) is 0 Å². The van der Waals surface area contributed by atoms with Gasteiger partial charge >= 0.3 is 0 Å². The molecule has 3 nitrogen and oxygen atoms in total. The third kappa shape index (κ3) is 20.1. The van der Waals surface area contributed by atoms with Crippen molar-refractivity contribution < 1.29 is 4.79 Å². The van der Waals surface area contributed by atoms with Crippen molar-refractivity contribution in [1.29, 1.82) is 0 Å². The van der Waals surface area contributed by atoms with E-state index < -0.39 is 0 Å². The van der Waals surface area contributed by atoms with Crippen LogP contribution in [0.5, 0.6) is 0 Å². The lowest BCUT2D eigenvalue weighted by Gasteiger charge is -2.28. The van der Waals surface area contributed by atoms with Crippen LogP contribution in [0.4, 0.5) is 0 Å². The van der Waals surface area contributed by atoms with E-state index in [1.807, 2.05) is 0 Å². The van der Waals surface area contributed by atoms with Crippen LogP contribution in [0.15, 0.2) is 4.99 Å². The van der Waals surface area contributed by atoms with Gasteiger partial charge in [-0.05, 0) is 12.8 Å². The third-order valence-electron chi connectivity index (χ3n) is 9.40. The first-order chi connectivity index (χ1) is 19.7. The highest BCUT2D eigenvalue weighted by Crippen LogP contribution is 2.31. The third-order valence-corrected chi connectivity index (χ3v) is 9.40. The van der Waals surface area contributed by atoms with Crippen LogP contribution in [0.25, 0.3) is 0 Å². The number of aldehydes is 1. The number of aliphatic imine (C=N–C) groups is 1. The van der Waals surface area contributed by atoms with Gasteiger partial charge in [-0.15, -0.1) is 0 Å². The summed E-state index contributed by atoms with van der Waals surface area (Å²) in [6.07, 6.45) is 40.3. The fourth-order valence-electron chi connectivity index (χ4n) is 6.46. The van der Waals surface area contributed by atoms with Gasteiger partial charge in [-0.2, -0.15) is 0 Å². The zero-order chi connectivity index (χ0) is 29.0. The van der Waals surface area contributed by atoms with E-state index in [4.69, 9.17) is 4.99 Å². The van der Waals surface area contributed by atoms with Crippen molar-refractivity contribution in [2.45, 2.75) is 213 Å². The topological polar surface area (TPSA) is 41.5 Å². The van der Waals surface area contributed by atoms with Crippen LogP contribution in [-0.2, 0) is 4.79 Å². The summed E-state index contributed by atoms with van der Waals surface area (Å²) in [6.45, 7) is 7.82. The highest BCUT2D eigenvalue weighted by molar-refractivity contribution is 5.91. The fraction of sp³-hybridized carbons (Fsp3) is 0.946. The van der Waals surface area contributed by atoms with Crippen molar-refractivity contribution in [3.63, 3.8) is 0 Å². The molecule has 2 atom stereocenters. The largest absolute Gasteiger partial charge is 0.371 e. The van der Waals surface area contributed by atoms with E-state index in [2.05, 4.69) is 26.1 Å².